The SMILES string of the molecule is CCOC(=O)Nc1ccc2c(COC(=O)Cc3cccc(C(F)(F)F)c3)cc(=O)oc2c1. The number of nitrogens with one attached hydrogen (secondary N) is 1. The Morgan fingerprint density at radius 3 is 2.56 bits per heavy atom. The Hall–Kier alpha value is -3.82. The summed E-state index contributed by atoms with van der Waals surface area (Å²) in [6.45, 7) is 1.55. The molecule has 0 spiro atoms. The van der Waals surface area contributed by atoms with Crippen LogP contribution in [0.3, 0.4) is 0 Å². The Labute approximate surface area is 179 Å². The first-order valence-electron chi connectivity index (χ1n) is 9.48. The van der Waals surface area contributed by atoms with Crippen molar-refractivity contribution in [3.05, 3.63) is 75.6 Å². The van der Waals surface area contributed by atoms with Crippen LogP contribution in [0.15, 0.2) is 57.7 Å². The Morgan fingerprint density at radius 1 is 1.06 bits per heavy atom. The number of fused-ring (bicyclic) bond motifs is 1. The molecular weight excluding hydrogens is 431 g/mol. The number of alkyl halides is 3. The molecular formula is C22H18F3NO6. The quantitative estimate of drug-likeness (QED) is 0.434. The van der Waals surface area contributed by atoms with Gasteiger partial charge in [0, 0.05) is 28.8 Å². The standard InChI is InChI=1S/C22H18F3NO6/c1-2-30-21(29)26-16-6-7-17-14(10-20(28)32-18(17)11-16)12-31-19(27)9-13-4-3-5-15(8-13)22(23,24)25/h3-8,10-11H,2,9,12H2,1H3,(H,26,29). The summed E-state index contributed by atoms with van der Waals surface area (Å²) in [5.41, 5.74) is -0.585. The van der Waals surface area contributed by atoms with Gasteiger partial charge >= 0.3 is 23.9 Å². The number of rotatable bonds is 6. The van der Waals surface area contributed by atoms with E-state index in [2.05, 4.69) is 5.32 Å². The van der Waals surface area contributed by atoms with Gasteiger partial charge in [0.1, 0.15) is 12.2 Å². The summed E-state index contributed by atoms with van der Waals surface area (Å²) >= 11 is 0. The lowest BCUT2D eigenvalue weighted by molar-refractivity contribution is -0.144. The maximum absolute atomic E-state index is 12.8. The number of hydrogen-bond acceptors (Lipinski definition) is 6. The average molecular weight is 449 g/mol. The molecule has 1 N–H and O–H groups in total. The van der Waals surface area contributed by atoms with E-state index in [1.807, 2.05) is 0 Å². The number of esters is 1. The lowest BCUT2D eigenvalue weighted by Crippen LogP contribution is -2.13. The third-order valence-corrected chi connectivity index (χ3v) is 4.34. The predicted molar refractivity (Wildman–Crippen MR) is 108 cm³/mol. The zero-order valence-corrected chi connectivity index (χ0v) is 16.8. The summed E-state index contributed by atoms with van der Waals surface area (Å²) in [5.74, 6) is -0.758. The summed E-state index contributed by atoms with van der Waals surface area (Å²) in [6, 6.07) is 10.1. The molecule has 10 heteroatoms. The minimum atomic E-state index is -4.52. The van der Waals surface area contributed by atoms with Crippen molar-refractivity contribution < 1.29 is 36.7 Å². The normalized spacial score (nSPS) is 11.2. The molecule has 3 rings (SSSR count). The molecule has 0 aliphatic heterocycles. The number of carbonyl (C=O) groups is 2. The lowest BCUT2D eigenvalue weighted by Gasteiger charge is -2.10. The second-order valence-corrected chi connectivity index (χ2v) is 6.68. The number of ether oxygens (including phenoxy) is 2. The Morgan fingerprint density at radius 2 is 1.84 bits per heavy atom. The molecule has 0 bridgehead atoms. The van der Waals surface area contributed by atoms with Gasteiger partial charge in [0.15, 0.2) is 0 Å². The van der Waals surface area contributed by atoms with Gasteiger partial charge in [0.2, 0.25) is 0 Å². The van der Waals surface area contributed by atoms with Crippen LogP contribution >= 0.6 is 0 Å². The summed E-state index contributed by atoms with van der Waals surface area (Å²) in [7, 11) is 0. The molecule has 0 unspecified atom stereocenters. The molecule has 0 aliphatic carbocycles. The first kappa shape index (κ1) is 22.9. The fourth-order valence-corrected chi connectivity index (χ4v) is 2.95. The Balaban J connectivity index is 1.72. The van der Waals surface area contributed by atoms with Crippen molar-refractivity contribution >= 4 is 28.7 Å². The fourth-order valence-electron chi connectivity index (χ4n) is 2.95. The van der Waals surface area contributed by atoms with Crippen LogP contribution in [0.25, 0.3) is 11.0 Å². The molecule has 0 saturated carbocycles. The number of carbonyl (C=O) groups excluding carboxylic acids is 2. The highest BCUT2D eigenvalue weighted by atomic mass is 19.4. The zero-order chi connectivity index (χ0) is 23.3. The maximum Gasteiger partial charge on any atom is 0.416 e. The molecule has 0 fully saturated rings. The van der Waals surface area contributed by atoms with Gasteiger partial charge < -0.3 is 13.9 Å². The number of amides is 1. The summed E-state index contributed by atoms with van der Waals surface area (Å²) < 4.78 is 53.5. The van der Waals surface area contributed by atoms with E-state index >= 15 is 0 Å². The topological polar surface area (TPSA) is 94.8 Å². The van der Waals surface area contributed by atoms with Crippen molar-refractivity contribution in [2.45, 2.75) is 26.1 Å². The van der Waals surface area contributed by atoms with E-state index in [9.17, 15) is 27.6 Å². The third-order valence-electron chi connectivity index (χ3n) is 4.34. The van der Waals surface area contributed by atoms with Crippen LogP contribution in [0.4, 0.5) is 23.7 Å². The molecule has 0 radical (unpaired) electrons. The van der Waals surface area contributed by atoms with Gasteiger partial charge in [-0.15, -0.1) is 0 Å². The van der Waals surface area contributed by atoms with E-state index in [1.165, 1.54) is 18.2 Å². The van der Waals surface area contributed by atoms with E-state index in [0.29, 0.717) is 16.6 Å². The van der Waals surface area contributed by atoms with Crippen LogP contribution in [0.2, 0.25) is 0 Å². The van der Waals surface area contributed by atoms with E-state index in [0.717, 1.165) is 18.2 Å². The highest BCUT2D eigenvalue weighted by molar-refractivity contribution is 5.90. The van der Waals surface area contributed by atoms with Crippen molar-refractivity contribution in [1.29, 1.82) is 0 Å². The van der Waals surface area contributed by atoms with Gasteiger partial charge in [0.25, 0.3) is 0 Å². The molecule has 2 aromatic carbocycles. The van der Waals surface area contributed by atoms with Crippen molar-refractivity contribution in [3.63, 3.8) is 0 Å². The summed E-state index contributed by atoms with van der Waals surface area (Å²) in [6.07, 6.45) is -5.55. The molecule has 32 heavy (non-hydrogen) atoms. The van der Waals surface area contributed by atoms with Crippen molar-refractivity contribution in [2.75, 3.05) is 11.9 Å². The van der Waals surface area contributed by atoms with Crippen molar-refractivity contribution in [1.82, 2.24) is 0 Å². The minimum absolute atomic E-state index is 0.149. The molecule has 0 saturated heterocycles. The third kappa shape index (κ3) is 5.87. The van der Waals surface area contributed by atoms with Crippen molar-refractivity contribution in [3.8, 4) is 0 Å². The largest absolute Gasteiger partial charge is 0.461 e. The summed E-state index contributed by atoms with van der Waals surface area (Å²) in [4.78, 5) is 35.6. The van der Waals surface area contributed by atoms with E-state index in [4.69, 9.17) is 13.9 Å². The number of benzene rings is 2. The maximum atomic E-state index is 12.8. The van der Waals surface area contributed by atoms with Crippen LogP contribution in [-0.4, -0.2) is 18.7 Å². The van der Waals surface area contributed by atoms with Crippen molar-refractivity contribution in [2.24, 2.45) is 0 Å². The fraction of sp³-hybridized carbons (Fsp3) is 0.227. The predicted octanol–water partition coefficient (Wildman–Crippen LogP) is 4.67. The van der Waals surface area contributed by atoms with Gasteiger partial charge in [0.05, 0.1) is 18.6 Å². The van der Waals surface area contributed by atoms with Gasteiger partial charge in [-0.25, -0.2) is 9.59 Å². The molecule has 3 aromatic rings. The Bertz CT molecular complexity index is 1200. The first-order chi connectivity index (χ1) is 15.2. The Kier molecular flexibility index (Phi) is 6.82. The van der Waals surface area contributed by atoms with Gasteiger partial charge in [-0.05, 0) is 30.7 Å². The van der Waals surface area contributed by atoms with Gasteiger partial charge in [-0.1, -0.05) is 18.2 Å². The van der Waals surface area contributed by atoms with Crippen LogP contribution < -0.4 is 10.9 Å². The van der Waals surface area contributed by atoms with Crippen LogP contribution in [0.1, 0.15) is 23.6 Å². The van der Waals surface area contributed by atoms with Crippen LogP contribution in [0, 0.1) is 0 Å². The lowest BCUT2D eigenvalue weighted by atomic mass is 10.1. The van der Waals surface area contributed by atoms with Crippen LogP contribution in [-0.2, 0) is 33.5 Å². The highest BCUT2D eigenvalue weighted by Crippen LogP contribution is 2.29. The zero-order valence-electron chi connectivity index (χ0n) is 16.8. The number of anilines is 1. The molecule has 1 heterocycles. The number of halogens is 3. The molecule has 1 amide bonds. The average Bonchev–Trinajstić information content (AvgIpc) is 2.71. The minimum Gasteiger partial charge on any atom is -0.461 e. The summed E-state index contributed by atoms with van der Waals surface area (Å²) in [5, 5.41) is 2.94. The second kappa shape index (κ2) is 9.54. The highest BCUT2D eigenvalue weighted by Gasteiger charge is 2.30. The van der Waals surface area contributed by atoms with Gasteiger partial charge in [-0.2, -0.15) is 13.2 Å². The molecule has 0 atom stereocenters. The molecule has 168 valence electrons. The smallest absolute Gasteiger partial charge is 0.416 e. The molecule has 0 aliphatic rings. The molecule has 7 nitrogen and oxygen atoms in total. The second-order valence-electron chi connectivity index (χ2n) is 6.68. The first-order valence-corrected chi connectivity index (χ1v) is 9.48. The van der Waals surface area contributed by atoms with E-state index in [-0.39, 0.29) is 30.8 Å². The molecule has 1 aromatic heterocycles. The monoisotopic (exact) mass is 449 g/mol. The van der Waals surface area contributed by atoms with E-state index < -0.39 is 29.4 Å². The van der Waals surface area contributed by atoms with Crippen LogP contribution in [0.5, 0.6) is 0 Å². The van der Waals surface area contributed by atoms with Gasteiger partial charge in [-0.3, -0.25) is 10.1 Å². The van der Waals surface area contributed by atoms with E-state index in [1.54, 1.807) is 19.1 Å². The number of hydrogen-bond donors (Lipinski definition) is 1.